The van der Waals surface area contributed by atoms with Crippen molar-refractivity contribution in [1.82, 2.24) is 0 Å². The van der Waals surface area contributed by atoms with E-state index < -0.39 is 4.92 Å². The predicted molar refractivity (Wildman–Crippen MR) is 57.2 cm³/mol. The summed E-state index contributed by atoms with van der Waals surface area (Å²) in [7, 11) is 0. The third-order valence-electron chi connectivity index (χ3n) is 2.21. The summed E-state index contributed by atoms with van der Waals surface area (Å²) in [4.78, 5) is 10.2. The number of fused-ring (bicyclic) bond motifs is 1. The summed E-state index contributed by atoms with van der Waals surface area (Å²) in [6, 6.07) is 2.90. The fourth-order valence-electron chi connectivity index (χ4n) is 1.53. The number of benzene rings is 1. The Balaban J connectivity index is 2.57. The number of nitrogens with one attached hydrogen (secondary N) is 1. The smallest absolute Gasteiger partial charge is 0.273 e. The van der Waals surface area contributed by atoms with E-state index in [0.717, 1.165) is 5.69 Å². The first-order valence-electron chi connectivity index (χ1n) is 4.54. The molecule has 0 radical (unpaired) electrons. The summed E-state index contributed by atoms with van der Waals surface area (Å²) in [5.74, 6) is 0.519. The monoisotopic (exact) mass is 206 g/mol. The SMILES string of the molecule is C=Cc1cc([N+](=O)[O-])cc2c1NCCO2. The van der Waals surface area contributed by atoms with Gasteiger partial charge >= 0.3 is 0 Å². The Bertz CT molecular complexity index is 429. The molecule has 15 heavy (non-hydrogen) atoms. The molecule has 1 aliphatic heterocycles. The zero-order chi connectivity index (χ0) is 10.8. The van der Waals surface area contributed by atoms with Gasteiger partial charge in [-0.1, -0.05) is 12.7 Å². The second-order valence-electron chi connectivity index (χ2n) is 3.14. The molecule has 1 heterocycles. The van der Waals surface area contributed by atoms with Gasteiger partial charge in [0, 0.05) is 18.2 Å². The fraction of sp³-hybridized carbons (Fsp3) is 0.200. The lowest BCUT2D eigenvalue weighted by atomic mass is 10.1. The molecule has 0 saturated carbocycles. The van der Waals surface area contributed by atoms with Crippen molar-refractivity contribution in [1.29, 1.82) is 0 Å². The van der Waals surface area contributed by atoms with Crippen molar-refractivity contribution in [2.45, 2.75) is 0 Å². The van der Waals surface area contributed by atoms with Crippen molar-refractivity contribution < 1.29 is 9.66 Å². The summed E-state index contributed by atoms with van der Waals surface area (Å²) in [6.07, 6.45) is 1.58. The largest absolute Gasteiger partial charge is 0.489 e. The molecule has 0 amide bonds. The van der Waals surface area contributed by atoms with Crippen LogP contribution in [0.1, 0.15) is 5.56 Å². The van der Waals surface area contributed by atoms with Gasteiger partial charge in [-0.15, -0.1) is 0 Å². The molecule has 2 rings (SSSR count). The van der Waals surface area contributed by atoms with Crippen molar-refractivity contribution >= 4 is 17.5 Å². The molecule has 0 spiro atoms. The van der Waals surface area contributed by atoms with Gasteiger partial charge in [0.2, 0.25) is 0 Å². The molecule has 78 valence electrons. The predicted octanol–water partition coefficient (Wildman–Crippen LogP) is 2.04. The van der Waals surface area contributed by atoms with Gasteiger partial charge in [0.25, 0.3) is 5.69 Å². The minimum Gasteiger partial charge on any atom is -0.489 e. The molecule has 0 bridgehead atoms. The second kappa shape index (κ2) is 3.61. The third-order valence-corrected chi connectivity index (χ3v) is 2.21. The van der Waals surface area contributed by atoms with E-state index in [1.54, 1.807) is 6.08 Å². The van der Waals surface area contributed by atoms with E-state index in [1.807, 2.05) is 0 Å². The van der Waals surface area contributed by atoms with Crippen LogP contribution in [0.4, 0.5) is 11.4 Å². The molecule has 1 aliphatic rings. The molecule has 1 aromatic carbocycles. The van der Waals surface area contributed by atoms with Crippen molar-refractivity contribution in [3.63, 3.8) is 0 Å². The van der Waals surface area contributed by atoms with Gasteiger partial charge in [0.05, 0.1) is 16.7 Å². The molecule has 0 atom stereocenters. The number of rotatable bonds is 2. The van der Waals surface area contributed by atoms with Crippen molar-refractivity contribution in [3.8, 4) is 5.75 Å². The molecule has 0 aromatic heterocycles. The number of hydrogen-bond donors (Lipinski definition) is 1. The van der Waals surface area contributed by atoms with Crippen LogP contribution >= 0.6 is 0 Å². The number of nitrogens with zero attached hydrogens (tertiary/aromatic N) is 1. The highest BCUT2D eigenvalue weighted by molar-refractivity contribution is 5.75. The van der Waals surface area contributed by atoms with Crippen LogP contribution in [0.15, 0.2) is 18.7 Å². The van der Waals surface area contributed by atoms with Gasteiger partial charge in [-0.3, -0.25) is 10.1 Å². The second-order valence-corrected chi connectivity index (χ2v) is 3.14. The first-order valence-corrected chi connectivity index (χ1v) is 4.54. The van der Waals surface area contributed by atoms with Crippen LogP contribution in [-0.4, -0.2) is 18.1 Å². The minimum atomic E-state index is -0.439. The normalized spacial score (nSPS) is 13.3. The zero-order valence-electron chi connectivity index (χ0n) is 8.03. The van der Waals surface area contributed by atoms with Gasteiger partial charge in [-0.25, -0.2) is 0 Å². The highest BCUT2D eigenvalue weighted by atomic mass is 16.6. The van der Waals surface area contributed by atoms with E-state index in [2.05, 4.69) is 11.9 Å². The van der Waals surface area contributed by atoms with Crippen LogP contribution in [0.5, 0.6) is 5.75 Å². The van der Waals surface area contributed by atoms with Crippen LogP contribution < -0.4 is 10.1 Å². The van der Waals surface area contributed by atoms with Gasteiger partial charge in [-0.2, -0.15) is 0 Å². The molecular weight excluding hydrogens is 196 g/mol. The number of nitro groups is 1. The lowest BCUT2D eigenvalue weighted by Crippen LogP contribution is -2.18. The summed E-state index contributed by atoms with van der Waals surface area (Å²) in [5, 5.41) is 13.8. The molecule has 0 fully saturated rings. The van der Waals surface area contributed by atoms with Crippen LogP contribution in [-0.2, 0) is 0 Å². The molecule has 0 unspecified atom stereocenters. The number of nitro benzene ring substituents is 1. The van der Waals surface area contributed by atoms with E-state index in [-0.39, 0.29) is 5.69 Å². The Morgan fingerprint density at radius 3 is 3.07 bits per heavy atom. The van der Waals surface area contributed by atoms with Gasteiger partial charge in [0.15, 0.2) is 0 Å². The summed E-state index contributed by atoms with van der Waals surface area (Å²) in [6.45, 7) is 4.84. The van der Waals surface area contributed by atoms with Crippen LogP contribution in [0, 0.1) is 10.1 Å². The van der Waals surface area contributed by atoms with E-state index >= 15 is 0 Å². The van der Waals surface area contributed by atoms with Crippen LogP contribution in [0.25, 0.3) is 6.08 Å². The van der Waals surface area contributed by atoms with E-state index in [1.165, 1.54) is 12.1 Å². The van der Waals surface area contributed by atoms with Crippen LogP contribution in [0.3, 0.4) is 0 Å². The molecule has 1 aromatic rings. The highest BCUT2D eigenvalue weighted by Crippen LogP contribution is 2.35. The van der Waals surface area contributed by atoms with Gasteiger partial charge < -0.3 is 10.1 Å². The van der Waals surface area contributed by atoms with Gasteiger partial charge in [-0.05, 0) is 0 Å². The lowest BCUT2D eigenvalue weighted by molar-refractivity contribution is -0.384. The summed E-state index contributed by atoms with van der Waals surface area (Å²) >= 11 is 0. The quantitative estimate of drug-likeness (QED) is 0.594. The van der Waals surface area contributed by atoms with E-state index in [4.69, 9.17) is 4.74 Å². The number of ether oxygens (including phenoxy) is 1. The van der Waals surface area contributed by atoms with Crippen molar-refractivity contribution in [2.24, 2.45) is 0 Å². The van der Waals surface area contributed by atoms with E-state index in [0.29, 0.717) is 24.5 Å². The van der Waals surface area contributed by atoms with Crippen molar-refractivity contribution in [3.05, 3.63) is 34.4 Å². The summed E-state index contributed by atoms with van der Waals surface area (Å²) < 4.78 is 5.34. The van der Waals surface area contributed by atoms with Crippen LogP contribution in [0.2, 0.25) is 0 Å². The number of non-ortho nitro benzene ring substituents is 1. The zero-order valence-corrected chi connectivity index (χ0v) is 8.03. The number of anilines is 1. The molecule has 5 heteroatoms. The van der Waals surface area contributed by atoms with Gasteiger partial charge in [0.1, 0.15) is 12.4 Å². The standard InChI is InChI=1S/C10H10N2O3/c1-2-7-5-8(12(13)14)6-9-10(7)11-3-4-15-9/h2,5-6,11H,1,3-4H2. The molecule has 0 aliphatic carbocycles. The maximum atomic E-state index is 10.7. The highest BCUT2D eigenvalue weighted by Gasteiger charge is 2.18. The first kappa shape index (κ1) is 9.51. The number of hydrogen-bond acceptors (Lipinski definition) is 4. The average Bonchev–Trinajstić information content (AvgIpc) is 2.27. The Morgan fingerprint density at radius 1 is 1.60 bits per heavy atom. The maximum Gasteiger partial charge on any atom is 0.273 e. The molecule has 1 N–H and O–H groups in total. The Labute approximate surface area is 86.5 Å². The maximum absolute atomic E-state index is 10.7. The lowest BCUT2D eigenvalue weighted by Gasteiger charge is -2.20. The topological polar surface area (TPSA) is 64.4 Å². The molecular formula is C10H10N2O3. The molecule has 5 nitrogen and oxygen atoms in total. The summed E-state index contributed by atoms with van der Waals surface area (Å²) in [5.41, 5.74) is 1.49. The first-order chi connectivity index (χ1) is 7.22. The van der Waals surface area contributed by atoms with E-state index in [9.17, 15) is 10.1 Å². The Hall–Kier alpha value is -2.04. The Morgan fingerprint density at radius 2 is 2.40 bits per heavy atom. The molecule has 0 saturated heterocycles. The Kier molecular flexibility index (Phi) is 2.29. The average molecular weight is 206 g/mol. The minimum absolute atomic E-state index is 0.0207. The third kappa shape index (κ3) is 1.63. The van der Waals surface area contributed by atoms with Crippen molar-refractivity contribution in [2.75, 3.05) is 18.5 Å². The fourth-order valence-corrected chi connectivity index (χ4v) is 1.53.